The SMILES string of the molecule is CNc1cc(COC2CCC(C)(C)CC2)ccc1[N+](=O)[O-]. The van der Waals surface area contributed by atoms with Gasteiger partial charge in [-0.2, -0.15) is 0 Å². The molecule has 2 rings (SSSR count). The zero-order valence-corrected chi connectivity index (χ0v) is 13.0. The summed E-state index contributed by atoms with van der Waals surface area (Å²) < 4.78 is 5.96. The summed E-state index contributed by atoms with van der Waals surface area (Å²) in [6, 6.07) is 5.10. The molecule has 1 aliphatic rings. The maximum atomic E-state index is 10.9. The van der Waals surface area contributed by atoms with E-state index in [9.17, 15) is 10.1 Å². The normalized spacial score (nSPS) is 18.4. The monoisotopic (exact) mass is 292 g/mol. The number of nitro groups is 1. The molecule has 0 atom stereocenters. The Kier molecular flexibility index (Phi) is 4.83. The van der Waals surface area contributed by atoms with E-state index in [4.69, 9.17) is 4.74 Å². The molecule has 0 heterocycles. The molecule has 0 amide bonds. The van der Waals surface area contributed by atoms with E-state index in [1.165, 1.54) is 18.9 Å². The Labute approximate surface area is 125 Å². The van der Waals surface area contributed by atoms with E-state index in [0.717, 1.165) is 18.4 Å². The third-order valence-electron chi connectivity index (χ3n) is 4.30. The van der Waals surface area contributed by atoms with Crippen LogP contribution in [0.3, 0.4) is 0 Å². The highest BCUT2D eigenvalue weighted by Crippen LogP contribution is 2.36. The fourth-order valence-corrected chi connectivity index (χ4v) is 2.79. The van der Waals surface area contributed by atoms with E-state index in [1.54, 1.807) is 19.2 Å². The molecule has 0 radical (unpaired) electrons. The second-order valence-electron chi connectivity index (χ2n) is 6.53. The molecule has 21 heavy (non-hydrogen) atoms. The van der Waals surface area contributed by atoms with Crippen LogP contribution in [0.4, 0.5) is 11.4 Å². The minimum absolute atomic E-state index is 0.0978. The smallest absolute Gasteiger partial charge is 0.292 e. The van der Waals surface area contributed by atoms with Gasteiger partial charge < -0.3 is 10.1 Å². The number of nitrogens with one attached hydrogen (secondary N) is 1. The van der Waals surface area contributed by atoms with E-state index in [2.05, 4.69) is 19.2 Å². The quantitative estimate of drug-likeness (QED) is 0.655. The average Bonchev–Trinajstić information content (AvgIpc) is 2.45. The summed E-state index contributed by atoms with van der Waals surface area (Å²) in [6.07, 6.45) is 4.89. The number of anilines is 1. The van der Waals surface area contributed by atoms with Gasteiger partial charge in [-0.05, 0) is 48.8 Å². The van der Waals surface area contributed by atoms with Crippen molar-refractivity contribution in [2.45, 2.75) is 52.2 Å². The molecule has 0 bridgehead atoms. The minimum atomic E-state index is -0.375. The number of rotatable bonds is 5. The Morgan fingerprint density at radius 2 is 2.05 bits per heavy atom. The molecule has 5 heteroatoms. The Bertz CT molecular complexity index is 504. The first-order valence-corrected chi connectivity index (χ1v) is 7.48. The molecule has 0 aromatic heterocycles. The van der Waals surface area contributed by atoms with Gasteiger partial charge in [-0.3, -0.25) is 10.1 Å². The van der Waals surface area contributed by atoms with Crippen molar-refractivity contribution < 1.29 is 9.66 Å². The average molecular weight is 292 g/mol. The number of nitrogens with zero attached hydrogens (tertiary/aromatic N) is 1. The summed E-state index contributed by atoms with van der Waals surface area (Å²) in [4.78, 5) is 10.5. The van der Waals surface area contributed by atoms with Crippen LogP contribution in [0.15, 0.2) is 18.2 Å². The van der Waals surface area contributed by atoms with Gasteiger partial charge in [0, 0.05) is 13.1 Å². The standard InChI is InChI=1S/C16H24N2O3/c1-16(2)8-6-13(7-9-16)21-11-12-4-5-15(18(19)20)14(10-12)17-3/h4-5,10,13,17H,6-9,11H2,1-3H3. The zero-order chi connectivity index (χ0) is 15.5. The highest BCUT2D eigenvalue weighted by molar-refractivity contribution is 5.62. The Balaban J connectivity index is 1.93. The summed E-state index contributed by atoms with van der Waals surface area (Å²) in [7, 11) is 1.69. The zero-order valence-electron chi connectivity index (χ0n) is 13.0. The molecule has 1 aromatic rings. The van der Waals surface area contributed by atoms with Crippen molar-refractivity contribution in [3.8, 4) is 0 Å². The van der Waals surface area contributed by atoms with Gasteiger partial charge in [0.2, 0.25) is 0 Å². The molecule has 1 aromatic carbocycles. The summed E-state index contributed by atoms with van der Waals surface area (Å²) in [6.45, 7) is 5.12. The van der Waals surface area contributed by atoms with Crippen LogP contribution in [0.2, 0.25) is 0 Å². The number of hydrogen-bond acceptors (Lipinski definition) is 4. The maximum Gasteiger partial charge on any atom is 0.292 e. The second-order valence-corrected chi connectivity index (χ2v) is 6.53. The van der Waals surface area contributed by atoms with E-state index >= 15 is 0 Å². The highest BCUT2D eigenvalue weighted by atomic mass is 16.6. The molecule has 0 saturated heterocycles. The third kappa shape index (κ3) is 4.17. The fraction of sp³-hybridized carbons (Fsp3) is 0.625. The van der Waals surface area contributed by atoms with Crippen molar-refractivity contribution in [3.05, 3.63) is 33.9 Å². The lowest BCUT2D eigenvalue weighted by atomic mass is 9.76. The van der Waals surface area contributed by atoms with Crippen LogP contribution >= 0.6 is 0 Å². The van der Waals surface area contributed by atoms with Crippen LogP contribution in [0.25, 0.3) is 0 Å². The van der Waals surface area contributed by atoms with E-state index in [0.29, 0.717) is 23.8 Å². The van der Waals surface area contributed by atoms with Crippen LogP contribution in [0.1, 0.15) is 45.1 Å². The van der Waals surface area contributed by atoms with Crippen molar-refractivity contribution in [2.24, 2.45) is 5.41 Å². The first kappa shape index (κ1) is 15.8. The number of ether oxygens (including phenoxy) is 1. The van der Waals surface area contributed by atoms with Gasteiger partial charge in [0.25, 0.3) is 5.69 Å². The molecule has 1 aliphatic carbocycles. The Morgan fingerprint density at radius 3 is 2.62 bits per heavy atom. The highest BCUT2D eigenvalue weighted by Gasteiger charge is 2.27. The number of benzene rings is 1. The van der Waals surface area contributed by atoms with Gasteiger partial charge in [0.15, 0.2) is 0 Å². The molecule has 0 aliphatic heterocycles. The molecule has 1 saturated carbocycles. The van der Waals surface area contributed by atoms with Gasteiger partial charge in [-0.25, -0.2) is 0 Å². The number of nitro benzene ring substituents is 1. The summed E-state index contributed by atoms with van der Waals surface area (Å²) in [5.74, 6) is 0. The Morgan fingerprint density at radius 1 is 1.38 bits per heavy atom. The lowest BCUT2D eigenvalue weighted by Crippen LogP contribution is -2.26. The van der Waals surface area contributed by atoms with Crippen molar-refractivity contribution >= 4 is 11.4 Å². The molecule has 5 nitrogen and oxygen atoms in total. The fourth-order valence-electron chi connectivity index (χ4n) is 2.79. The van der Waals surface area contributed by atoms with Crippen LogP contribution in [0, 0.1) is 15.5 Å². The van der Waals surface area contributed by atoms with Gasteiger partial charge in [-0.1, -0.05) is 13.8 Å². The molecular weight excluding hydrogens is 268 g/mol. The van der Waals surface area contributed by atoms with Gasteiger partial charge in [0.05, 0.1) is 17.6 Å². The van der Waals surface area contributed by atoms with Crippen LogP contribution in [0.5, 0.6) is 0 Å². The maximum absolute atomic E-state index is 10.9. The van der Waals surface area contributed by atoms with E-state index in [1.807, 2.05) is 0 Å². The largest absolute Gasteiger partial charge is 0.383 e. The third-order valence-corrected chi connectivity index (χ3v) is 4.30. The topological polar surface area (TPSA) is 64.4 Å². The lowest BCUT2D eigenvalue weighted by molar-refractivity contribution is -0.384. The molecule has 116 valence electrons. The lowest BCUT2D eigenvalue weighted by Gasteiger charge is -2.34. The van der Waals surface area contributed by atoms with E-state index < -0.39 is 0 Å². The van der Waals surface area contributed by atoms with Gasteiger partial charge >= 0.3 is 0 Å². The molecule has 1 fully saturated rings. The first-order chi connectivity index (χ1) is 9.91. The van der Waals surface area contributed by atoms with Crippen molar-refractivity contribution in [3.63, 3.8) is 0 Å². The molecule has 0 unspecified atom stereocenters. The van der Waals surface area contributed by atoms with Crippen molar-refractivity contribution in [1.29, 1.82) is 0 Å². The van der Waals surface area contributed by atoms with Gasteiger partial charge in [-0.15, -0.1) is 0 Å². The minimum Gasteiger partial charge on any atom is -0.383 e. The van der Waals surface area contributed by atoms with Gasteiger partial charge in [0.1, 0.15) is 5.69 Å². The molecular formula is C16H24N2O3. The number of hydrogen-bond donors (Lipinski definition) is 1. The second kappa shape index (κ2) is 6.43. The van der Waals surface area contributed by atoms with Crippen LogP contribution in [-0.4, -0.2) is 18.1 Å². The summed E-state index contributed by atoms with van der Waals surface area (Å²) in [5, 5.41) is 13.8. The predicted octanol–water partition coefficient (Wildman–Crippen LogP) is 4.12. The van der Waals surface area contributed by atoms with Crippen LogP contribution < -0.4 is 5.32 Å². The predicted molar refractivity (Wildman–Crippen MR) is 83.5 cm³/mol. The Hall–Kier alpha value is -1.62. The molecule has 1 N–H and O–H groups in total. The van der Waals surface area contributed by atoms with Crippen molar-refractivity contribution in [2.75, 3.05) is 12.4 Å². The molecule has 0 spiro atoms. The summed E-state index contributed by atoms with van der Waals surface area (Å²) >= 11 is 0. The first-order valence-electron chi connectivity index (χ1n) is 7.48. The van der Waals surface area contributed by atoms with E-state index in [-0.39, 0.29) is 10.6 Å². The summed E-state index contributed by atoms with van der Waals surface area (Å²) in [5.41, 5.74) is 2.04. The van der Waals surface area contributed by atoms with Crippen LogP contribution in [-0.2, 0) is 11.3 Å². The van der Waals surface area contributed by atoms with Crippen molar-refractivity contribution in [1.82, 2.24) is 0 Å².